The lowest BCUT2D eigenvalue weighted by Crippen LogP contribution is -2.33. The average molecular weight is 298 g/mol. The summed E-state index contributed by atoms with van der Waals surface area (Å²) in [6, 6.07) is 4.77. The molecule has 0 saturated heterocycles. The Kier molecular flexibility index (Phi) is 4.42. The fourth-order valence-electron chi connectivity index (χ4n) is 2.25. The lowest BCUT2D eigenvalue weighted by Gasteiger charge is -2.28. The van der Waals surface area contributed by atoms with Crippen LogP contribution in [0.3, 0.4) is 0 Å². The first-order valence-electron chi connectivity index (χ1n) is 6.50. The number of aryl methyl sites for hydroxylation is 1. The van der Waals surface area contributed by atoms with Gasteiger partial charge >= 0.3 is 0 Å². The van der Waals surface area contributed by atoms with Crippen LogP contribution in [0.4, 0.5) is 5.69 Å². The number of rotatable bonds is 4. The van der Waals surface area contributed by atoms with Crippen LogP contribution < -0.4 is 9.79 Å². The van der Waals surface area contributed by atoms with Gasteiger partial charge in [-0.05, 0) is 43.5 Å². The summed E-state index contributed by atoms with van der Waals surface area (Å²) in [5.41, 5.74) is 1.66. The molecule has 1 aromatic rings. The highest BCUT2D eigenvalue weighted by Crippen LogP contribution is 2.29. The van der Waals surface area contributed by atoms with Crippen molar-refractivity contribution < 1.29 is 18.0 Å². The third-order valence-corrected chi connectivity index (χ3v) is 4.38. The molecule has 2 rings (SSSR count). The zero-order valence-corrected chi connectivity index (χ0v) is 12.4. The summed E-state index contributed by atoms with van der Waals surface area (Å²) in [6.07, 6.45) is 1.59. The molecule has 1 heterocycles. The van der Waals surface area contributed by atoms with E-state index in [-0.39, 0.29) is 17.4 Å². The summed E-state index contributed by atoms with van der Waals surface area (Å²) in [7, 11) is -3.67. The molecule has 110 valence electrons. The van der Waals surface area contributed by atoms with E-state index in [1.165, 1.54) is 13.0 Å². The first kappa shape index (κ1) is 15.0. The summed E-state index contributed by atoms with van der Waals surface area (Å²) in [5.74, 6) is -0.0333. The van der Waals surface area contributed by atoms with E-state index in [9.17, 15) is 13.2 Å². The lowest BCUT2D eigenvalue weighted by molar-refractivity contribution is -0.116. The molecular weight excluding hydrogens is 280 g/mol. The second-order valence-corrected chi connectivity index (χ2v) is 6.23. The maximum Gasteiger partial charge on any atom is 0.262 e. The summed E-state index contributed by atoms with van der Waals surface area (Å²) in [5, 5.41) is 0. The van der Waals surface area contributed by atoms with E-state index in [1.54, 1.807) is 24.0 Å². The number of anilines is 1. The van der Waals surface area contributed by atoms with Crippen molar-refractivity contribution in [1.82, 2.24) is 4.89 Å². The molecule has 1 aromatic carbocycles. The molecule has 0 saturated carbocycles. The number of fused-ring (bicyclic) bond motifs is 1. The second-order valence-electron chi connectivity index (χ2n) is 4.58. The van der Waals surface area contributed by atoms with Gasteiger partial charge in [-0.2, -0.15) is 0 Å². The topological polar surface area (TPSA) is 75.7 Å². The molecule has 6 nitrogen and oxygen atoms in total. The predicted octanol–water partition coefficient (Wildman–Crippen LogP) is 1.22. The molecule has 0 atom stereocenters. The minimum Gasteiger partial charge on any atom is -0.312 e. The maximum absolute atomic E-state index is 12.0. The summed E-state index contributed by atoms with van der Waals surface area (Å²) < 4.78 is 24.0. The monoisotopic (exact) mass is 298 g/mol. The molecule has 1 N–H and O–H groups in total. The van der Waals surface area contributed by atoms with Crippen molar-refractivity contribution >= 4 is 21.6 Å². The number of carbonyl (C=O) groups is 1. The number of carbonyl (C=O) groups excluding carboxylic acids is 1. The largest absolute Gasteiger partial charge is 0.312 e. The highest BCUT2D eigenvalue weighted by Gasteiger charge is 2.22. The first-order valence-corrected chi connectivity index (χ1v) is 7.98. The third-order valence-electron chi connectivity index (χ3n) is 3.17. The molecule has 0 bridgehead atoms. The van der Waals surface area contributed by atoms with Gasteiger partial charge in [0.2, 0.25) is 5.91 Å². The molecule has 0 radical (unpaired) electrons. The number of benzene rings is 1. The molecule has 1 aliphatic rings. The molecule has 1 amide bonds. The lowest BCUT2D eigenvalue weighted by atomic mass is 10.0. The van der Waals surface area contributed by atoms with Gasteiger partial charge in [-0.25, -0.2) is 8.42 Å². The zero-order chi connectivity index (χ0) is 14.8. The Balaban J connectivity index is 2.35. The van der Waals surface area contributed by atoms with Crippen LogP contribution in [0, 0.1) is 0 Å². The number of nitrogens with one attached hydrogen (secondary N) is 1. The number of amides is 1. The molecule has 0 aromatic heterocycles. The zero-order valence-electron chi connectivity index (χ0n) is 11.5. The minimum atomic E-state index is -3.67. The van der Waals surface area contributed by atoms with Crippen molar-refractivity contribution in [3.05, 3.63) is 23.8 Å². The molecule has 0 spiro atoms. The number of sulfonamides is 1. The van der Waals surface area contributed by atoms with E-state index in [0.717, 1.165) is 24.1 Å². The van der Waals surface area contributed by atoms with E-state index in [2.05, 4.69) is 4.89 Å². The van der Waals surface area contributed by atoms with E-state index in [1.807, 2.05) is 0 Å². The highest BCUT2D eigenvalue weighted by atomic mass is 32.2. The minimum absolute atomic E-state index is 0.0333. The van der Waals surface area contributed by atoms with Crippen molar-refractivity contribution in [2.45, 2.75) is 31.6 Å². The Morgan fingerprint density at radius 3 is 2.85 bits per heavy atom. The fourth-order valence-corrected chi connectivity index (χ4v) is 3.17. The normalized spacial score (nSPS) is 15.0. The van der Waals surface area contributed by atoms with E-state index < -0.39 is 10.0 Å². The van der Waals surface area contributed by atoms with Gasteiger partial charge in [0.15, 0.2) is 0 Å². The molecule has 0 aliphatic carbocycles. The number of hydrogen-bond acceptors (Lipinski definition) is 4. The van der Waals surface area contributed by atoms with Crippen molar-refractivity contribution in [3.63, 3.8) is 0 Å². The van der Waals surface area contributed by atoms with Gasteiger partial charge in [-0.1, -0.05) is 4.89 Å². The van der Waals surface area contributed by atoms with Gasteiger partial charge in [-0.3, -0.25) is 9.63 Å². The van der Waals surface area contributed by atoms with Gasteiger partial charge in [0.25, 0.3) is 10.0 Å². The van der Waals surface area contributed by atoms with Crippen LogP contribution in [-0.4, -0.2) is 27.5 Å². The van der Waals surface area contributed by atoms with E-state index >= 15 is 0 Å². The van der Waals surface area contributed by atoms with Crippen LogP contribution in [-0.2, 0) is 26.1 Å². The number of nitrogens with zero attached hydrogens (tertiary/aromatic N) is 1. The van der Waals surface area contributed by atoms with E-state index in [0.29, 0.717) is 6.54 Å². The summed E-state index contributed by atoms with van der Waals surface area (Å²) in [4.78, 5) is 20.2. The van der Waals surface area contributed by atoms with Crippen LogP contribution in [0.25, 0.3) is 0 Å². The molecule has 0 fully saturated rings. The molecular formula is C13H18N2O4S. The van der Waals surface area contributed by atoms with Crippen LogP contribution >= 0.6 is 0 Å². The Hall–Kier alpha value is -1.44. The Bertz CT molecular complexity index is 613. The highest BCUT2D eigenvalue weighted by molar-refractivity contribution is 7.89. The molecule has 20 heavy (non-hydrogen) atoms. The molecule has 0 unspecified atom stereocenters. The van der Waals surface area contributed by atoms with E-state index in [4.69, 9.17) is 4.84 Å². The smallest absolute Gasteiger partial charge is 0.262 e. The summed E-state index contributed by atoms with van der Waals surface area (Å²) >= 11 is 0. The van der Waals surface area contributed by atoms with Crippen LogP contribution in [0.15, 0.2) is 23.1 Å². The van der Waals surface area contributed by atoms with Gasteiger partial charge in [-0.15, -0.1) is 0 Å². The van der Waals surface area contributed by atoms with Gasteiger partial charge in [0, 0.05) is 19.2 Å². The fraction of sp³-hybridized carbons (Fsp3) is 0.462. The molecule has 7 heteroatoms. The average Bonchev–Trinajstić information content (AvgIpc) is 2.43. The van der Waals surface area contributed by atoms with Crippen LogP contribution in [0.5, 0.6) is 0 Å². The number of hydrogen-bond donors (Lipinski definition) is 1. The van der Waals surface area contributed by atoms with Crippen molar-refractivity contribution in [1.29, 1.82) is 0 Å². The summed E-state index contributed by atoms with van der Waals surface area (Å²) in [6.45, 7) is 4.13. The van der Waals surface area contributed by atoms with Gasteiger partial charge in [0.1, 0.15) is 0 Å². The SMILES string of the molecule is CCONS(=O)(=O)c1ccc2c(c1)CCCN2C(C)=O. The van der Waals surface area contributed by atoms with Crippen LogP contribution in [0.1, 0.15) is 25.8 Å². The Morgan fingerprint density at radius 1 is 1.45 bits per heavy atom. The second kappa shape index (κ2) is 5.90. The van der Waals surface area contributed by atoms with Crippen molar-refractivity contribution in [2.24, 2.45) is 0 Å². The third kappa shape index (κ3) is 3.00. The predicted molar refractivity (Wildman–Crippen MR) is 74.7 cm³/mol. The van der Waals surface area contributed by atoms with Gasteiger partial charge < -0.3 is 4.90 Å². The van der Waals surface area contributed by atoms with Gasteiger partial charge in [0.05, 0.1) is 11.5 Å². The molecule has 1 aliphatic heterocycles. The van der Waals surface area contributed by atoms with Crippen molar-refractivity contribution in [2.75, 3.05) is 18.1 Å². The quantitative estimate of drug-likeness (QED) is 0.848. The Labute approximate surface area is 118 Å². The maximum atomic E-state index is 12.0. The standard InChI is InChI=1S/C13H18N2O4S/c1-3-19-14-20(17,18)12-6-7-13-11(9-12)5-4-8-15(13)10(2)16/h6-7,9,14H,3-5,8H2,1-2H3. The van der Waals surface area contributed by atoms with Crippen molar-refractivity contribution in [3.8, 4) is 0 Å². The first-order chi connectivity index (χ1) is 9.45. The van der Waals surface area contributed by atoms with Crippen LogP contribution in [0.2, 0.25) is 0 Å². The Morgan fingerprint density at radius 2 is 2.20 bits per heavy atom.